The molecular formula is C13H15ClFNO. The number of carbonyl (C=O) groups is 1. The summed E-state index contributed by atoms with van der Waals surface area (Å²) in [4.78, 5) is 11.8. The minimum atomic E-state index is -0.740. The Morgan fingerprint density at radius 3 is 2.47 bits per heavy atom. The van der Waals surface area contributed by atoms with Gasteiger partial charge in [0.2, 0.25) is 5.91 Å². The first-order valence-electron chi connectivity index (χ1n) is 5.87. The molecule has 2 rings (SSSR count). The molecule has 1 aromatic rings. The largest absolute Gasteiger partial charge is 0.352 e. The Labute approximate surface area is 105 Å². The molecule has 1 amide bonds. The van der Waals surface area contributed by atoms with Crippen molar-refractivity contribution in [2.75, 3.05) is 0 Å². The normalized spacial score (nSPS) is 18.0. The third kappa shape index (κ3) is 3.19. The summed E-state index contributed by atoms with van der Waals surface area (Å²) in [5.74, 6) is -0.515. The van der Waals surface area contributed by atoms with Crippen LogP contribution in [-0.4, -0.2) is 11.9 Å². The predicted octanol–water partition coefficient (Wildman–Crippen LogP) is 3.16. The van der Waals surface area contributed by atoms with E-state index in [-0.39, 0.29) is 17.8 Å². The highest BCUT2D eigenvalue weighted by Gasteiger charge is 2.22. The average Bonchev–Trinajstić information content (AvgIpc) is 2.82. The molecule has 1 aliphatic rings. The Hall–Kier alpha value is -1.09. The molecule has 1 saturated carbocycles. The van der Waals surface area contributed by atoms with Crippen LogP contribution < -0.4 is 5.32 Å². The van der Waals surface area contributed by atoms with Crippen molar-refractivity contribution >= 4 is 17.5 Å². The lowest BCUT2D eigenvalue weighted by Gasteiger charge is -2.15. The molecule has 1 N–H and O–H groups in total. The van der Waals surface area contributed by atoms with E-state index in [1.807, 2.05) is 0 Å². The van der Waals surface area contributed by atoms with Crippen LogP contribution in [0, 0.1) is 5.82 Å². The van der Waals surface area contributed by atoms with E-state index in [1.165, 1.54) is 12.1 Å². The molecule has 4 heteroatoms. The van der Waals surface area contributed by atoms with E-state index in [0.29, 0.717) is 5.56 Å². The highest BCUT2D eigenvalue weighted by atomic mass is 35.5. The van der Waals surface area contributed by atoms with Crippen molar-refractivity contribution in [2.45, 2.75) is 37.1 Å². The summed E-state index contributed by atoms with van der Waals surface area (Å²) < 4.78 is 12.7. The second-order valence-corrected chi connectivity index (χ2v) is 4.84. The van der Waals surface area contributed by atoms with Crippen LogP contribution in [0.2, 0.25) is 0 Å². The molecule has 2 nitrogen and oxygen atoms in total. The number of rotatable bonds is 3. The van der Waals surface area contributed by atoms with Crippen LogP contribution in [-0.2, 0) is 4.79 Å². The lowest BCUT2D eigenvalue weighted by atomic mass is 10.1. The molecule has 0 aliphatic heterocycles. The van der Waals surface area contributed by atoms with Crippen LogP contribution in [0.25, 0.3) is 0 Å². The van der Waals surface area contributed by atoms with Gasteiger partial charge >= 0.3 is 0 Å². The highest BCUT2D eigenvalue weighted by Crippen LogP contribution is 2.23. The van der Waals surface area contributed by atoms with Gasteiger partial charge in [0.25, 0.3) is 0 Å². The SMILES string of the molecule is O=C(NC1CCCC1)C(Cl)c1ccc(F)cc1. The van der Waals surface area contributed by atoms with Crippen LogP contribution in [0.4, 0.5) is 4.39 Å². The number of halogens is 2. The maximum Gasteiger partial charge on any atom is 0.242 e. The molecule has 17 heavy (non-hydrogen) atoms. The van der Waals surface area contributed by atoms with Crippen LogP contribution >= 0.6 is 11.6 Å². The van der Waals surface area contributed by atoms with Crippen LogP contribution in [0.1, 0.15) is 36.6 Å². The number of alkyl halides is 1. The standard InChI is InChI=1S/C13H15ClFNO/c14-12(9-5-7-10(15)8-6-9)13(17)16-11-3-1-2-4-11/h5-8,11-12H,1-4H2,(H,16,17). The van der Waals surface area contributed by atoms with Crippen molar-refractivity contribution in [3.8, 4) is 0 Å². The number of benzene rings is 1. The van der Waals surface area contributed by atoms with Gasteiger partial charge in [0.05, 0.1) is 0 Å². The van der Waals surface area contributed by atoms with Gasteiger partial charge in [-0.1, -0.05) is 25.0 Å². The molecule has 92 valence electrons. The molecule has 1 aliphatic carbocycles. The van der Waals surface area contributed by atoms with Gasteiger partial charge in [0, 0.05) is 6.04 Å². The fraction of sp³-hybridized carbons (Fsp3) is 0.462. The monoisotopic (exact) mass is 255 g/mol. The van der Waals surface area contributed by atoms with Gasteiger partial charge in [-0.05, 0) is 30.5 Å². The number of amides is 1. The third-order valence-electron chi connectivity index (χ3n) is 3.09. The Morgan fingerprint density at radius 2 is 1.88 bits per heavy atom. The van der Waals surface area contributed by atoms with Gasteiger partial charge < -0.3 is 5.32 Å². The van der Waals surface area contributed by atoms with E-state index < -0.39 is 5.38 Å². The maximum atomic E-state index is 12.7. The van der Waals surface area contributed by atoms with Crippen molar-refractivity contribution < 1.29 is 9.18 Å². The molecule has 0 spiro atoms. The summed E-state index contributed by atoms with van der Waals surface area (Å²) in [6.07, 6.45) is 4.38. The fourth-order valence-corrected chi connectivity index (χ4v) is 2.34. The molecule has 0 radical (unpaired) electrons. The maximum absolute atomic E-state index is 12.7. The van der Waals surface area contributed by atoms with Crippen molar-refractivity contribution in [1.29, 1.82) is 0 Å². The summed E-state index contributed by atoms with van der Waals surface area (Å²) in [5, 5.41) is 2.19. The van der Waals surface area contributed by atoms with Crippen molar-refractivity contribution in [3.05, 3.63) is 35.6 Å². The molecule has 1 atom stereocenters. The van der Waals surface area contributed by atoms with Crippen molar-refractivity contribution in [3.63, 3.8) is 0 Å². The van der Waals surface area contributed by atoms with E-state index in [2.05, 4.69) is 5.32 Å². The summed E-state index contributed by atoms with van der Waals surface area (Å²) in [6.45, 7) is 0. The zero-order valence-electron chi connectivity index (χ0n) is 9.46. The minimum absolute atomic E-state index is 0.190. The molecule has 0 heterocycles. The van der Waals surface area contributed by atoms with Gasteiger partial charge in [-0.15, -0.1) is 11.6 Å². The Kier molecular flexibility index (Phi) is 4.00. The molecular weight excluding hydrogens is 241 g/mol. The summed E-state index contributed by atoms with van der Waals surface area (Å²) in [7, 11) is 0. The number of nitrogens with one attached hydrogen (secondary N) is 1. The van der Waals surface area contributed by atoms with E-state index in [1.54, 1.807) is 12.1 Å². The van der Waals surface area contributed by atoms with E-state index >= 15 is 0 Å². The zero-order chi connectivity index (χ0) is 12.3. The number of hydrogen-bond acceptors (Lipinski definition) is 1. The van der Waals surface area contributed by atoms with Crippen LogP contribution in [0.3, 0.4) is 0 Å². The fourth-order valence-electron chi connectivity index (χ4n) is 2.13. The zero-order valence-corrected chi connectivity index (χ0v) is 10.2. The quantitative estimate of drug-likeness (QED) is 0.826. The van der Waals surface area contributed by atoms with Crippen molar-refractivity contribution in [2.24, 2.45) is 0 Å². The lowest BCUT2D eigenvalue weighted by Crippen LogP contribution is -2.34. The molecule has 1 aromatic carbocycles. The van der Waals surface area contributed by atoms with Gasteiger partial charge in [-0.3, -0.25) is 4.79 Å². The van der Waals surface area contributed by atoms with Crippen molar-refractivity contribution in [1.82, 2.24) is 5.32 Å². The predicted molar refractivity (Wildman–Crippen MR) is 65.4 cm³/mol. The van der Waals surface area contributed by atoms with Crippen LogP contribution in [0.15, 0.2) is 24.3 Å². The van der Waals surface area contributed by atoms with E-state index in [9.17, 15) is 9.18 Å². The average molecular weight is 256 g/mol. The third-order valence-corrected chi connectivity index (χ3v) is 3.54. The summed E-state index contributed by atoms with van der Waals surface area (Å²) in [6, 6.07) is 5.97. The van der Waals surface area contributed by atoms with Gasteiger partial charge in [-0.2, -0.15) is 0 Å². The van der Waals surface area contributed by atoms with Crippen LogP contribution in [0.5, 0.6) is 0 Å². The second kappa shape index (κ2) is 5.50. The molecule has 0 aromatic heterocycles. The topological polar surface area (TPSA) is 29.1 Å². The first kappa shape index (κ1) is 12.4. The Balaban J connectivity index is 1.96. The van der Waals surface area contributed by atoms with E-state index in [0.717, 1.165) is 25.7 Å². The molecule has 0 saturated heterocycles. The summed E-state index contributed by atoms with van der Waals surface area (Å²) >= 11 is 6.05. The molecule has 0 bridgehead atoms. The second-order valence-electron chi connectivity index (χ2n) is 4.40. The Morgan fingerprint density at radius 1 is 1.29 bits per heavy atom. The molecule has 1 fully saturated rings. The van der Waals surface area contributed by atoms with Gasteiger partial charge in [0.1, 0.15) is 11.2 Å². The lowest BCUT2D eigenvalue weighted by molar-refractivity contribution is -0.121. The van der Waals surface area contributed by atoms with Gasteiger partial charge in [-0.25, -0.2) is 4.39 Å². The van der Waals surface area contributed by atoms with Gasteiger partial charge in [0.15, 0.2) is 0 Å². The Bertz CT molecular complexity index is 387. The highest BCUT2D eigenvalue weighted by molar-refractivity contribution is 6.30. The number of carbonyl (C=O) groups excluding carboxylic acids is 1. The molecule has 1 unspecified atom stereocenters. The first-order chi connectivity index (χ1) is 8.16. The minimum Gasteiger partial charge on any atom is -0.352 e. The smallest absolute Gasteiger partial charge is 0.242 e. The summed E-state index contributed by atoms with van der Waals surface area (Å²) in [5.41, 5.74) is 0.628. The number of hydrogen-bond donors (Lipinski definition) is 1. The first-order valence-corrected chi connectivity index (χ1v) is 6.30. The van der Waals surface area contributed by atoms with E-state index in [4.69, 9.17) is 11.6 Å².